The molecule has 0 saturated carbocycles. The molecular weight excluding hydrogens is 284 g/mol. The van der Waals surface area contributed by atoms with Crippen molar-refractivity contribution in [2.75, 3.05) is 38.3 Å². The van der Waals surface area contributed by atoms with Gasteiger partial charge in [-0.15, -0.1) is 0 Å². The van der Waals surface area contributed by atoms with Crippen molar-refractivity contribution in [1.29, 1.82) is 0 Å². The number of rotatable bonds is 3. The molecule has 2 heterocycles. The van der Waals surface area contributed by atoms with Crippen LogP contribution in [-0.4, -0.2) is 44.4 Å². The Morgan fingerprint density at radius 3 is 2.82 bits per heavy atom. The Labute approximate surface area is 127 Å². The monoisotopic (exact) mass is 302 g/mol. The number of fused-ring (bicyclic) bond motifs is 1. The molecule has 0 radical (unpaired) electrons. The van der Waals surface area contributed by atoms with Crippen LogP contribution < -0.4 is 10.3 Å². The van der Waals surface area contributed by atoms with Gasteiger partial charge in [0.1, 0.15) is 0 Å². The first-order valence-electron chi connectivity index (χ1n) is 7.23. The number of carbonyl (C=O) groups is 1. The van der Waals surface area contributed by atoms with Crippen LogP contribution in [0.15, 0.2) is 29.1 Å². The molecule has 6 nitrogen and oxygen atoms in total. The molecule has 0 unspecified atom stereocenters. The number of morpholine rings is 1. The zero-order chi connectivity index (χ0) is 15.5. The van der Waals surface area contributed by atoms with Gasteiger partial charge in [0, 0.05) is 41.4 Å². The largest absolute Gasteiger partial charge is 0.469 e. The highest BCUT2D eigenvalue weighted by Crippen LogP contribution is 2.20. The standard InChI is InChI=1S/C16H18N2O4/c1-21-16(20)9-11-8-15(19)13-10-12(2-3-14(13)17-11)18-4-6-22-7-5-18/h2-3,8,10H,4-7,9H2,1H3,(H,17,19). The minimum absolute atomic E-state index is 0.0624. The third-order valence-electron chi connectivity index (χ3n) is 3.81. The van der Waals surface area contributed by atoms with E-state index < -0.39 is 0 Å². The van der Waals surface area contributed by atoms with Crippen LogP contribution in [0.5, 0.6) is 0 Å². The fourth-order valence-corrected chi connectivity index (χ4v) is 2.63. The summed E-state index contributed by atoms with van der Waals surface area (Å²) < 4.78 is 9.97. The second-order valence-electron chi connectivity index (χ2n) is 5.24. The molecule has 2 aromatic rings. The lowest BCUT2D eigenvalue weighted by Gasteiger charge is -2.29. The summed E-state index contributed by atoms with van der Waals surface area (Å²) in [6.45, 7) is 3.05. The Hall–Kier alpha value is -2.34. The van der Waals surface area contributed by atoms with E-state index in [0.29, 0.717) is 24.3 Å². The van der Waals surface area contributed by atoms with Crippen molar-refractivity contribution in [2.24, 2.45) is 0 Å². The molecule has 0 amide bonds. The average molecular weight is 302 g/mol. The number of nitrogens with zero attached hydrogens (tertiary/aromatic N) is 1. The summed E-state index contributed by atoms with van der Waals surface area (Å²) in [6.07, 6.45) is 0.0624. The summed E-state index contributed by atoms with van der Waals surface area (Å²) in [4.78, 5) is 28.9. The Bertz CT molecular complexity index is 747. The molecule has 0 spiro atoms. The number of anilines is 1. The predicted octanol–water partition coefficient (Wildman–Crippen LogP) is 1.08. The summed E-state index contributed by atoms with van der Waals surface area (Å²) in [5.74, 6) is -0.375. The van der Waals surface area contributed by atoms with E-state index in [1.165, 1.54) is 13.2 Å². The van der Waals surface area contributed by atoms with E-state index in [0.717, 1.165) is 24.3 Å². The number of ether oxygens (including phenoxy) is 2. The minimum atomic E-state index is -0.375. The number of aromatic nitrogens is 1. The van der Waals surface area contributed by atoms with Crippen LogP contribution in [0.4, 0.5) is 5.69 Å². The summed E-state index contributed by atoms with van der Waals surface area (Å²) in [5.41, 5.74) is 2.21. The number of benzene rings is 1. The van der Waals surface area contributed by atoms with Crippen LogP contribution in [0.1, 0.15) is 5.69 Å². The van der Waals surface area contributed by atoms with Gasteiger partial charge < -0.3 is 19.4 Å². The zero-order valence-corrected chi connectivity index (χ0v) is 12.4. The van der Waals surface area contributed by atoms with Gasteiger partial charge >= 0.3 is 5.97 Å². The average Bonchev–Trinajstić information content (AvgIpc) is 2.55. The topological polar surface area (TPSA) is 71.6 Å². The van der Waals surface area contributed by atoms with E-state index in [4.69, 9.17) is 4.74 Å². The molecular formula is C16H18N2O4. The highest BCUT2D eigenvalue weighted by Gasteiger charge is 2.13. The lowest BCUT2D eigenvalue weighted by atomic mass is 10.1. The van der Waals surface area contributed by atoms with Crippen LogP contribution in [0, 0.1) is 0 Å². The van der Waals surface area contributed by atoms with E-state index in [-0.39, 0.29) is 17.8 Å². The van der Waals surface area contributed by atoms with Gasteiger partial charge in [0.2, 0.25) is 0 Å². The number of carbonyl (C=O) groups excluding carboxylic acids is 1. The number of aromatic amines is 1. The molecule has 1 N–H and O–H groups in total. The lowest BCUT2D eigenvalue weighted by Crippen LogP contribution is -2.36. The Kier molecular flexibility index (Phi) is 4.11. The van der Waals surface area contributed by atoms with E-state index in [1.807, 2.05) is 18.2 Å². The second-order valence-corrected chi connectivity index (χ2v) is 5.24. The van der Waals surface area contributed by atoms with Gasteiger partial charge in [-0.3, -0.25) is 9.59 Å². The van der Waals surface area contributed by atoms with Crippen LogP contribution in [0.25, 0.3) is 10.9 Å². The number of H-pyrrole nitrogens is 1. The van der Waals surface area contributed by atoms with Crippen molar-refractivity contribution in [3.05, 3.63) is 40.2 Å². The fourth-order valence-electron chi connectivity index (χ4n) is 2.63. The summed E-state index contributed by atoms with van der Waals surface area (Å²) in [7, 11) is 1.33. The second kappa shape index (κ2) is 6.19. The van der Waals surface area contributed by atoms with Gasteiger partial charge in [-0.25, -0.2) is 0 Å². The molecule has 1 aliphatic rings. The Morgan fingerprint density at radius 2 is 2.09 bits per heavy atom. The van der Waals surface area contributed by atoms with E-state index in [1.54, 1.807) is 0 Å². The maximum absolute atomic E-state index is 12.3. The number of pyridine rings is 1. The molecule has 3 rings (SSSR count). The highest BCUT2D eigenvalue weighted by molar-refractivity contribution is 5.83. The van der Waals surface area contributed by atoms with Crippen LogP contribution in [-0.2, 0) is 20.7 Å². The van der Waals surface area contributed by atoms with Crippen molar-refractivity contribution in [3.63, 3.8) is 0 Å². The molecule has 22 heavy (non-hydrogen) atoms. The first-order valence-corrected chi connectivity index (χ1v) is 7.23. The molecule has 1 saturated heterocycles. The maximum Gasteiger partial charge on any atom is 0.311 e. The smallest absolute Gasteiger partial charge is 0.311 e. The van der Waals surface area contributed by atoms with Crippen LogP contribution in [0.3, 0.4) is 0 Å². The summed E-state index contributed by atoms with van der Waals surface area (Å²) in [6, 6.07) is 7.21. The zero-order valence-electron chi connectivity index (χ0n) is 12.4. The van der Waals surface area contributed by atoms with E-state index >= 15 is 0 Å². The Morgan fingerprint density at radius 1 is 1.32 bits per heavy atom. The number of methoxy groups -OCH3 is 1. The highest BCUT2D eigenvalue weighted by atomic mass is 16.5. The molecule has 1 fully saturated rings. The van der Waals surface area contributed by atoms with Gasteiger partial charge in [0.15, 0.2) is 5.43 Å². The molecule has 0 bridgehead atoms. The van der Waals surface area contributed by atoms with Crippen molar-refractivity contribution >= 4 is 22.6 Å². The SMILES string of the molecule is COC(=O)Cc1cc(=O)c2cc(N3CCOCC3)ccc2[nH]1. The molecule has 1 aromatic heterocycles. The summed E-state index contributed by atoms with van der Waals surface area (Å²) in [5, 5.41) is 0.623. The molecule has 116 valence electrons. The van der Waals surface area contributed by atoms with Gasteiger partial charge in [-0.2, -0.15) is 0 Å². The fraction of sp³-hybridized carbons (Fsp3) is 0.375. The quantitative estimate of drug-likeness (QED) is 0.859. The van der Waals surface area contributed by atoms with Crippen LogP contribution >= 0.6 is 0 Å². The first kappa shape index (κ1) is 14.6. The lowest BCUT2D eigenvalue weighted by molar-refractivity contribution is -0.139. The molecule has 6 heteroatoms. The normalized spacial score (nSPS) is 15.0. The Balaban J connectivity index is 1.95. The van der Waals surface area contributed by atoms with Crippen LogP contribution in [0.2, 0.25) is 0 Å². The van der Waals surface area contributed by atoms with Crippen molar-refractivity contribution < 1.29 is 14.3 Å². The van der Waals surface area contributed by atoms with Crippen molar-refractivity contribution in [1.82, 2.24) is 4.98 Å². The van der Waals surface area contributed by atoms with Gasteiger partial charge in [0.05, 0.1) is 26.7 Å². The molecule has 1 aromatic carbocycles. The van der Waals surface area contributed by atoms with E-state index in [9.17, 15) is 9.59 Å². The third-order valence-corrected chi connectivity index (χ3v) is 3.81. The molecule has 0 atom stereocenters. The van der Waals surface area contributed by atoms with Gasteiger partial charge in [-0.1, -0.05) is 0 Å². The maximum atomic E-state index is 12.3. The third kappa shape index (κ3) is 2.96. The minimum Gasteiger partial charge on any atom is -0.469 e. The molecule has 0 aliphatic carbocycles. The summed E-state index contributed by atoms with van der Waals surface area (Å²) >= 11 is 0. The number of hydrogen-bond donors (Lipinski definition) is 1. The van der Waals surface area contributed by atoms with E-state index in [2.05, 4.69) is 14.6 Å². The first-order chi connectivity index (χ1) is 10.7. The number of nitrogens with one attached hydrogen (secondary N) is 1. The predicted molar refractivity (Wildman–Crippen MR) is 83.3 cm³/mol. The molecule has 1 aliphatic heterocycles. The van der Waals surface area contributed by atoms with Crippen molar-refractivity contribution in [3.8, 4) is 0 Å². The van der Waals surface area contributed by atoms with Crippen molar-refractivity contribution in [2.45, 2.75) is 6.42 Å². The number of hydrogen-bond acceptors (Lipinski definition) is 5. The number of esters is 1. The van der Waals surface area contributed by atoms with Gasteiger partial charge in [0.25, 0.3) is 0 Å². The van der Waals surface area contributed by atoms with Gasteiger partial charge in [-0.05, 0) is 18.2 Å².